The summed E-state index contributed by atoms with van der Waals surface area (Å²) in [5.41, 5.74) is 2.53. The van der Waals surface area contributed by atoms with Crippen molar-refractivity contribution in [3.8, 4) is 0 Å². The third kappa shape index (κ3) is 2.87. The molecule has 21 heavy (non-hydrogen) atoms. The van der Waals surface area contributed by atoms with E-state index >= 15 is 0 Å². The molecule has 0 saturated carbocycles. The minimum Gasteiger partial charge on any atom is -0.310 e. The highest BCUT2D eigenvalue weighted by atomic mass is 79.9. The number of hydrogen-bond donors (Lipinski definition) is 0. The minimum absolute atomic E-state index is 0.103. The number of sulfone groups is 1. The average Bonchev–Trinajstić information content (AvgIpc) is 2.81. The summed E-state index contributed by atoms with van der Waals surface area (Å²) in [6.07, 6.45) is 1.19. The van der Waals surface area contributed by atoms with E-state index in [4.69, 9.17) is 0 Å². The predicted octanol–water partition coefficient (Wildman–Crippen LogP) is 3.25. The number of imidazole rings is 1. The molecule has 0 amide bonds. The molecule has 0 spiro atoms. The Bertz CT molecular complexity index is 899. The molecular formula is C15H13BrN2O2S. The molecule has 0 bridgehead atoms. The van der Waals surface area contributed by atoms with Crippen LogP contribution in [0.3, 0.4) is 0 Å². The molecule has 0 N–H and O–H groups in total. The number of aromatic nitrogens is 2. The van der Waals surface area contributed by atoms with E-state index in [1.807, 2.05) is 48.5 Å². The number of rotatable bonds is 3. The molecule has 0 atom stereocenters. The molecular weight excluding hydrogens is 352 g/mol. The van der Waals surface area contributed by atoms with Crippen molar-refractivity contribution >= 4 is 36.8 Å². The quantitative estimate of drug-likeness (QED) is 0.716. The number of benzene rings is 2. The van der Waals surface area contributed by atoms with Gasteiger partial charge in [0.15, 0.2) is 0 Å². The van der Waals surface area contributed by atoms with E-state index in [1.54, 1.807) is 4.57 Å². The van der Waals surface area contributed by atoms with Crippen molar-refractivity contribution in [2.24, 2.45) is 0 Å². The van der Waals surface area contributed by atoms with E-state index in [1.165, 1.54) is 6.26 Å². The largest absolute Gasteiger partial charge is 0.310 e. The van der Waals surface area contributed by atoms with Gasteiger partial charge in [0.2, 0.25) is 15.0 Å². The van der Waals surface area contributed by atoms with Gasteiger partial charge in [-0.2, -0.15) is 0 Å². The maximum absolute atomic E-state index is 12.0. The fourth-order valence-electron chi connectivity index (χ4n) is 2.26. The summed E-state index contributed by atoms with van der Waals surface area (Å²) in [5.74, 6) is 0. The van der Waals surface area contributed by atoms with Crippen molar-refractivity contribution in [1.82, 2.24) is 9.55 Å². The molecule has 6 heteroatoms. The van der Waals surface area contributed by atoms with Gasteiger partial charge in [-0.3, -0.25) is 0 Å². The van der Waals surface area contributed by atoms with Crippen molar-refractivity contribution in [3.05, 3.63) is 58.6 Å². The first-order valence-electron chi connectivity index (χ1n) is 6.35. The zero-order chi connectivity index (χ0) is 15.0. The molecule has 4 nitrogen and oxygen atoms in total. The second-order valence-corrected chi connectivity index (χ2v) is 7.69. The van der Waals surface area contributed by atoms with Crippen LogP contribution < -0.4 is 0 Å². The molecule has 1 heterocycles. The third-order valence-electron chi connectivity index (χ3n) is 3.21. The van der Waals surface area contributed by atoms with Gasteiger partial charge in [0.1, 0.15) is 0 Å². The van der Waals surface area contributed by atoms with Crippen molar-refractivity contribution in [1.29, 1.82) is 0 Å². The molecule has 0 saturated heterocycles. The second kappa shape index (κ2) is 5.27. The highest BCUT2D eigenvalue weighted by Crippen LogP contribution is 2.21. The van der Waals surface area contributed by atoms with Gasteiger partial charge in [-0.25, -0.2) is 13.4 Å². The standard InChI is InChI=1S/C15H13BrN2O2S/c1-21(19,20)15-17-13-4-2-3-5-14(13)18(15)10-11-6-8-12(16)9-7-11/h2-9H,10H2,1H3. The normalized spacial score (nSPS) is 11.9. The predicted molar refractivity (Wildman–Crippen MR) is 86.1 cm³/mol. The second-order valence-electron chi connectivity index (χ2n) is 4.87. The number of hydrogen-bond acceptors (Lipinski definition) is 3. The van der Waals surface area contributed by atoms with Crippen LogP contribution in [0.4, 0.5) is 0 Å². The highest BCUT2D eigenvalue weighted by Gasteiger charge is 2.19. The summed E-state index contributed by atoms with van der Waals surface area (Å²) in [7, 11) is -3.38. The van der Waals surface area contributed by atoms with Crippen LogP contribution in [-0.4, -0.2) is 24.2 Å². The fraction of sp³-hybridized carbons (Fsp3) is 0.133. The molecule has 3 rings (SSSR count). The van der Waals surface area contributed by atoms with Gasteiger partial charge in [-0.1, -0.05) is 40.2 Å². The van der Waals surface area contributed by atoms with E-state index in [0.29, 0.717) is 12.1 Å². The summed E-state index contributed by atoms with van der Waals surface area (Å²) in [5, 5.41) is 0.103. The lowest BCUT2D eigenvalue weighted by Gasteiger charge is -2.08. The molecule has 108 valence electrons. The Morgan fingerprint density at radius 1 is 1.10 bits per heavy atom. The topological polar surface area (TPSA) is 52.0 Å². The lowest BCUT2D eigenvalue weighted by molar-refractivity contribution is 0.581. The highest BCUT2D eigenvalue weighted by molar-refractivity contribution is 9.10. The molecule has 0 aliphatic heterocycles. The van der Waals surface area contributed by atoms with E-state index in [-0.39, 0.29) is 5.16 Å². The van der Waals surface area contributed by atoms with Crippen LogP contribution in [0.15, 0.2) is 58.2 Å². The third-order valence-corrected chi connectivity index (χ3v) is 4.71. The Morgan fingerprint density at radius 2 is 1.76 bits per heavy atom. The molecule has 0 radical (unpaired) electrons. The lowest BCUT2D eigenvalue weighted by atomic mass is 10.2. The number of nitrogens with zero attached hydrogens (tertiary/aromatic N) is 2. The Labute approximate surface area is 131 Å². The smallest absolute Gasteiger partial charge is 0.228 e. The molecule has 0 aliphatic rings. The van der Waals surface area contributed by atoms with Gasteiger partial charge in [0.05, 0.1) is 17.6 Å². The first kappa shape index (κ1) is 14.3. The number of fused-ring (bicyclic) bond motifs is 1. The molecule has 1 aromatic heterocycles. The van der Waals surface area contributed by atoms with Crippen molar-refractivity contribution in [3.63, 3.8) is 0 Å². The summed E-state index contributed by atoms with van der Waals surface area (Å²) in [6, 6.07) is 15.2. The number of para-hydroxylation sites is 2. The Balaban J connectivity index is 2.17. The summed E-state index contributed by atoms with van der Waals surface area (Å²) < 4.78 is 26.7. The van der Waals surface area contributed by atoms with E-state index in [2.05, 4.69) is 20.9 Å². The maximum atomic E-state index is 12.0. The zero-order valence-corrected chi connectivity index (χ0v) is 13.7. The first-order chi connectivity index (χ1) is 9.95. The van der Waals surface area contributed by atoms with E-state index in [0.717, 1.165) is 15.6 Å². The van der Waals surface area contributed by atoms with Gasteiger partial charge in [0, 0.05) is 10.7 Å². The van der Waals surface area contributed by atoms with Crippen molar-refractivity contribution in [2.45, 2.75) is 11.7 Å². The fourth-order valence-corrected chi connectivity index (χ4v) is 3.35. The van der Waals surface area contributed by atoms with Gasteiger partial charge in [-0.15, -0.1) is 0 Å². The maximum Gasteiger partial charge on any atom is 0.228 e. The van der Waals surface area contributed by atoms with Gasteiger partial charge < -0.3 is 4.57 Å². The van der Waals surface area contributed by atoms with Gasteiger partial charge in [-0.05, 0) is 29.8 Å². The van der Waals surface area contributed by atoms with Crippen LogP contribution in [0.2, 0.25) is 0 Å². The molecule has 2 aromatic carbocycles. The van der Waals surface area contributed by atoms with Crippen LogP contribution in [0.1, 0.15) is 5.56 Å². The zero-order valence-electron chi connectivity index (χ0n) is 11.3. The summed E-state index contributed by atoms with van der Waals surface area (Å²) >= 11 is 3.39. The first-order valence-corrected chi connectivity index (χ1v) is 9.03. The Morgan fingerprint density at radius 3 is 2.43 bits per heavy atom. The van der Waals surface area contributed by atoms with Crippen LogP contribution in [0.5, 0.6) is 0 Å². The van der Waals surface area contributed by atoms with Gasteiger partial charge in [0.25, 0.3) is 0 Å². The van der Waals surface area contributed by atoms with E-state index < -0.39 is 9.84 Å². The Kier molecular flexibility index (Phi) is 3.59. The van der Waals surface area contributed by atoms with Crippen molar-refractivity contribution in [2.75, 3.05) is 6.26 Å². The molecule has 3 aromatic rings. The van der Waals surface area contributed by atoms with Crippen LogP contribution >= 0.6 is 15.9 Å². The van der Waals surface area contributed by atoms with Crippen LogP contribution in [0, 0.1) is 0 Å². The minimum atomic E-state index is -3.38. The van der Waals surface area contributed by atoms with E-state index in [9.17, 15) is 8.42 Å². The molecule has 0 unspecified atom stereocenters. The molecule has 0 aliphatic carbocycles. The Hall–Kier alpha value is -1.66. The van der Waals surface area contributed by atoms with Crippen LogP contribution in [0.25, 0.3) is 11.0 Å². The van der Waals surface area contributed by atoms with Crippen molar-refractivity contribution < 1.29 is 8.42 Å². The SMILES string of the molecule is CS(=O)(=O)c1nc2ccccc2n1Cc1ccc(Br)cc1. The molecule has 0 fully saturated rings. The summed E-state index contributed by atoms with van der Waals surface area (Å²) in [4.78, 5) is 4.26. The lowest BCUT2D eigenvalue weighted by Crippen LogP contribution is -2.10. The van der Waals surface area contributed by atoms with Crippen LogP contribution in [-0.2, 0) is 16.4 Å². The average molecular weight is 365 g/mol. The number of halogens is 1. The van der Waals surface area contributed by atoms with Gasteiger partial charge >= 0.3 is 0 Å². The summed E-state index contributed by atoms with van der Waals surface area (Å²) in [6.45, 7) is 0.468. The monoisotopic (exact) mass is 364 g/mol.